The summed E-state index contributed by atoms with van der Waals surface area (Å²) in [5, 5.41) is 3.40. The Balaban J connectivity index is 1.73. The van der Waals surface area contributed by atoms with Crippen molar-refractivity contribution in [1.29, 1.82) is 0 Å². The zero-order valence-corrected chi connectivity index (χ0v) is 20.4. The molecule has 0 radical (unpaired) electrons. The van der Waals surface area contributed by atoms with Crippen molar-refractivity contribution in [1.82, 2.24) is 9.62 Å². The van der Waals surface area contributed by atoms with Crippen LogP contribution in [-0.4, -0.2) is 31.2 Å². The maximum absolute atomic E-state index is 13.4. The van der Waals surface area contributed by atoms with Gasteiger partial charge in [-0.25, -0.2) is 8.42 Å². The Morgan fingerprint density at radius 2 is 1.61 bits per heavy atom. The number of halogens is 1. The van der Waals surface area contributed by atoms with Gasteiger partial charge in [-0.3, -0.25) is 4.79 Å². The van der Waals surface area contributed by atoms with Gasteiger partial charge in [0.1, 0.15) is 0 Å². The van der Waals surface area contributed by atoms with Crippen molar-refractivity contribution in [2.45, 2.75) is 44.2 Å². The first-order valence-corrected chi connectivity index (χ1v) is 12.7. The SMILES string of the molecule is Cc1ccccc1CN(CC(=O)N[C@@H](C)CCc1ccccc1)S(=O)(=O)c1ccc(Cl)cc1. The van der Waals surface area contributed by atoms with E-state index in [1.54, 1.807) is 0 Å². The lowest BCUT2D eigenvalue weighted by molar-refractivity contribution is -0.122. The van der Waals surface area contributed by atoms with Crippen LogP contribution >= 0.6 is 11.6 Å². The number of nitrogens with zero attached hydrogens (tertiary/aromatic N) is 1. The monoisotopic (exact) mass is 484 g/mol. The van der Waals surface area contributed by atoms with E-state index in [9.17, 15) is 13.2 Å². The molecule has 33 heavy (non-hydrogen) atoms. The van der Waals surface area contributed by atoms with Crippen LogP contribution in [0.2, 0.25) is 5.02 Å². The number of amides is 1. The average molecular weight is 485 g/mol. The van der Waals surface area contributed by atoms with Crippen LogP contribution < -0.4 is 5.32 Å². The zero-order chi connectivity index (χ0) is 23.8. The van der Waals surface area contributed by atoms with E-state index in [-0.39, 0.29) is 29.9 Å². The standard InChI is InChI=1S/C26H29ClN2O3S/c1-20-8-6-7-11-23(20)18-29(33(31,32)25-16-14-24(27)15-17-25)19-26(30)28-21(2)12-13-22-9-4-3-5-10-22/h3-11,14-17,21H,12-13,18-19H2,1-2H3,(H,28,30)/t21-/m0/s1. The van der Waals surface area contributed by atoms with Gasteiger partial charge in [0.05, 0.1) is 11.4 Å². The smallest absolute Gasteiger partial charge is 0.243 e. The predicted octanol–water partition coefficient (Wildman–Crippen LogP) is 4.98. The number of carbonyl (C=O) groups is 1. The molecule has 0 saturated heterocycles. The highest BCUT2D eigenvalue weighted by Gasteiger charge is 2.27. The maximum atomic E-state index is 13.4. The second-order valence-corrected chi connectivity index (χ2v) is 10.5. The molecule has 1 atom stereocenters. The van der Waals surface area contributed by atoms with Crippen molar-refractivity contribution >= 4 is 27.5 Å². The summed E-state index contributed by atoms with van der Waals surface area (Å²) in [6.07, 6.45) is 1.59. The maximum Gasteiger partial charge on any atom is 0.243 e. The van der Waals surface area contributed by atoms with Crippen molar-refractivity contribution in [3.05, 3.63) is 101 Å². The van der Waals surface area contributed by atoms with Gasteiger partial charge >= 0.3 is 0 Å². The fraction of sp³-hybridized carbons (Fsp3) is 0.269. The summed E-state index contributed by atoms with van der Waals surface area (Å²) in [5.74, 6) is -0.332. The fourth-order valence-electron chi connectivity index (χ4n) is 3.54. The lowest BCUT2D eigenvalue weighted by Gasteiger charge is -2.24. The number of hydrogen-bond acceptors (Lipinski definition) is 3. The molecule has 3 aromatic carbocycles. The van der Waals surface area contributed by atoms with E-state index in [0.717, 1.165) is 24.0 Å². The van der Waals surface area contributed by atoms with Crippen molar-refractivity contribution in [3.8, 4) is 0 Å². The molecule has 0 aromatic heterocycles. The number of hydrogen-bond donors (Lipinski definition) is 1. The van der Waals surface area contributed by atoms with Gasteiger partial charge in [0.2, 0.25) is 15.9 Å². The molecule has 0 aliphatic carbocycles. The highest BCUT2D eigenvalue weighted by molar-refractivity contribution is 7.89. The van der Waals surface area contributed by atoms with Crippen LogP contribution in [0.4, 0.5) is 0 Å². The van der Waals surface area contributed by atoms with Gasteiger partial charge in [-0.05, 0) is 67.6 Å². The quantitative estimate of drug-likeness (QED) is 0.441. The molecule has 3 aromatic rings. The van der Waals surface area contributed by atoms with E-state index in [1.165, 1.54) is 34.1 Å². The summed E-state index contributed by atoms with van der Waals surface area (Å²) in [7, 11) is -3.91. The van der Waals surface area contributed by atoms with E-state index in [1.807, 2.05) is 56.3 Å². The molecular weight excluding hydrogens is 456 g/mol. The van der Waals surface area contributed by atoms with Gasteiger partial charge in [0, 0.05) is 17.6 Å². The van der Waals surface area contributed by atoms with Crippen LogP contribution in [0.25, 0.3) is 0 Å². The molecule has 0 aliphatic rings. The summed E-state index contributed by atoms with van der Waals surface area (Å²) in [5.41, 5.74) is 3.01. The summed E-state index contributed by atoms with van der Waals surface area (Å²) in [6, 6.07) is 23.5. The van der Waals surface area contributed by atoms with Crippen LogP contribution in [0.5, 0.6) is 0 Å². The van der Waals surface area contributed by atoms with E-state index in [4.69, 9.17) is 11.6 Å². The third kappa shape index (κ3) is 7.16. The number of aryl methyl sites for hydroxylation is 2. The van der Waals surface area contributed by atoms with E-state index < -0.39 is 10.0 Å². The van der Waals surface area contributed by atoms with Crippen LogP contribution in [0, 0.1) is 6.92 Å². The Morgan fingerprint density at radius 3 is 2.27 bits per heavy atom. The van der Waals surface area contributed by atoms with Crippen molar-refractivity contribution < 1.29 is 13.2 Å². The Labute approximate surface area is 201 Å². The van der Waals surface area contributed by atoms with Crippen molar-refractivity contribution in [2.75, 3.05) is 6.54 Å². The average Bonchev–Trinajstić information content (AvgIpc) is 2.79. The molecule has 0 saturated carbocycles. The molecule has 0 spiro atoms. The summed E-state index contributed by atoms with van der Waals surface area (Å²) in [6.45, 7) is 3.69. The second-order valence-electron chi connectivity index (χ2n) is 8.15. The van der Waals surface area contributed by atoms with Crippen LogP contribution in [-0.2, 0) is 27.8 Å². The molecule has 0 bridgehead atoms. The predicted molar refractivity (Wildman–Crippen MR) is 133 cm³/mol. The van der Waals surface area contributed by atoms with E-state index >= 15 is 0 Å². The molecule has 1 N–H and O–H groups in total. The van der Waals surface area contributed by atoms with Gasteiger partial charge in [-0.2, -0.15) is 4.31 Å². The molecule has 0 unspecified atom stereocenters. The summed E-state index contributed by atoms with van der Waals surface area (Å²) in [4.78, 5) is 12.9. The topological polar surface area (TPSA) is 66.5 Å². The molecule has 3 rings (SSSR count). The number of carbonyl (C=O) groups excluding carboxylic acids is 1. The highest BCUT2D eigenvalue weighted by atomic mass is 35.5. The number of sulfonamides is 1. The van der Waals surface area contributed by atoms with E-state index in [2.05, 4.69) is 17.4 Å². The Kier molecular flexibility index (Phi) is 8.67. The molecule has 7 heteroatoms. The third-order valence-electron chi connectivity index (χ3n) is 5.50. The molecule has 1 amide bonds. The molecule has 0 heterocycles. The fourth-order valence-corrected chi connectivity index (χ4v) is 5.04. The Bertz CT molecular complexity index is 1170. The van der Waals surface area contributed by atoms with E-state index in [0.29, 0.717) is 5.02 Å². The van der Waals surface area contributed by atoms with Gasteiger partial charge < -0.3 is 5.32 Å². The largest absolute Gasteiger partial charge is 0.352 e. The van der Waals surface area contributed by atoms with Gasteiger partial charge in [-0.15, -0.1) is 0 Å². The third-order valence-corrected chi connectivity index (χ3v) is 7.55. The van der Waals surface area contributed by atoms with Crippen LogP contribution in [0.1, 0.15) is 30.0 Å². The number of rotatable bonds is 10. The molecule has 0 fully saturated rings. The molecular formula is C26H29ClN2O3S. The minimum Gasteiger partial charge on any atom is -0.352 e. The second kappa shape index (κ2) is 11.5. The van der Waals surface area contributed by atoms with Crippen LogP contribution in [0.3, 0.4) is 0 Å². The van der Waals surface area contributed by atoms with Gasteiger partial charge in [0.15, 0.2) is 0 Å². The van der Waals surface area contributed by atoms with Crippen LogP contribution in [0.15, 0.2) is 83.8 Å². The molecule has 0 aliphatic heterocycles. The van der Waals surface area contributed by atoms with Gasteiger partial charge in [-0.1, -0.05) is 66.2 Å². The lowest BCUT2D eigenvalue weighted by atomic mass is 10.1. The molecule has 174 valence electrons. The first kappa shape index (κ1) is 25.0. The lowest BCUT2D eigenvalue weighted by Crippen LogP contribution is -2.43. The molecule has 5 nitrogen and oxygen atoms in total. The minimum atomic E-state index is -3.91. The zero-order valence-electron chi connectivity index (χ0n) is 18.9. The Morgan fingerprint density at radius 1 is 0.970 bits per heavy atom. The minimum absolute atomic E-state index is 0.0868. The van der Waals surface area contributed by atoms with Crippen molar-refractivity contribution in [2.24, 2.45) is 0 Å². The normalized spacial score (nSPS) is 12.5. The summed E-state index contributed by atoms with van der Waals surface area (Å²) >= 11 is 5.93. The number of benzene rings is 3. The Hall–Kier alpha value is -2.67. The van der Waals surface area contributed by atoms with Crippen molar-refractivity contribution in [3.63, 3.8) is 0 Å². The number of nitrogens with one attached hydrogen (secondary N) is 1. The summed E-state index contributed by atoms with van der Waals surface area (Å²) < 4.78 is 28.0. The van der Waals surface area contributed by atoms with Gasteiger partial charge in [0.25, 0.3) is 0 Å². The highest BCUT2D eigenvalue weighted by Crippen LogP contribution is 2.21. The first-order valence-electron chi connectivity index (χ1n) is 10.9. The first-order chi connectivity index (χ1) is 15.8.